The summed E-state index contributed by atoms with van der Waals surface area (Å²) in [7, 11) is 3.24. The van der Waals surface area contributed by atoms with E-state index in [2.05, 4.69) is 4.99 Å². The van der Waals surface area contributed by atoms with Gasteiger partial charge < -0.3 is 15.2 Å². The van der Waals surface area contributed by atoms with Gasteiger partial charge in [0.15, 0.2) is 11.5 Å². The standard InChI is InChI=1S/C14H20N2O2/c1-17-12-8-7-11(9-13(12)18-2)16-14(15)10-5-3-4-6-10/h7-10H,3-6H2,1-2H3,(H2,15,16). The average molecular weight is 248 g/mol. The second kappa shape index (κ2) is 5.76. The van der Waals surface area contributed by atoms with Crippen molar-refractivity contribution in [3.63, 3.8) is 0 Å². The Morgan fingerprint density at radius 2 is 1.83 bits per heavy atom. The maximum absolute atomic E-state index is 6.05. The van der Waals surface area contributed by atoms with Crippen molar-refractivity contribution in [1.29, 1.82) is 0 Å². The van der Waals surface area contributed by atoms with Crippen molar-refractivity contribution in [2.45, 2.75) is 25.7 Å². The van der Waals surface area contributed by atoms with Gasteiger partial charge in [0.2, 0.25) is 0 Å². The van der Waals surface area contributed by atoms with Crippen molar-refractivity contribution in [3.05, 3.63) is 18.2 Å². The molecule has 98 valence electrons. The number of methoxy groups -OCH3 is 2. The van der Waals surface area contributed by atoms with Crippen LogP contribution in [-0.2, 0) is 0 Å². The predicted molar refractivity (Wildman–Crippen MR) is 72.8 cm³/mol. The molecule has 1 aliphatic carbocycles. The minimum atomic E-state index is 0.443. The van der Waals surface area contributed by atoms with Crippen LogP contribution >= 0.6 is 0 Å². The zero-order chi connectivity index (χ0) is 13.0. The van der Waals surface area contributed by atoms with Gasteiger partial charge in [0, 0.05) is 12.0 Å². The summed E-state index contributed by atoms with van der Waals surface area (Å²) in [6.07, 6.45) is 4.82. The highest BCUT2D eigenvalue weighted by atomic mass is 16.5. The summed E-state index contributed by atoms with van der Waals surface area (Å²) in [4.78, 5) is 4.48. The third-order valence-corrected chi connectivity index (χ3v) is 3.40. The number of benzene rings is 1. The SMILES string of the molecule is COc1ccc(N=C(N)C2CCCC2)cc1OC. The van der Waals surface area contributed by atoms with Crippen molar-refractivity contribution < 1.29 is 9.47 Å². The minimum Gasteiger partial charge on any atom is -0.493 e. The first-order valence-corrected chi connectivity index (χ1v) is 6.30. The van der Waals surface area contributed by atoms with E-state index in [0.29, 0.717) is 17.4 Å². The molecule has 0 amide bonds. The molecule has 18 heavy (non-hydrogen) atoms. The second-order valence-electron chi connectivity index (χ2n) is 4.56. The molecule has 0 aliphatic heterocycles. The number of ether oxygens (including phenoxy) is 2. The molecule has 2 N–H and O–H groups in total. The number of rotatable bonds is 4. The Morgan fingerprint density at radius 3 is 2.44 bits per heavy atom. The fraction of sp³-hybridized carbons (Fsp3) is 0.500. The van der Waals surface area contributed by atoms with Crippen molar-refractivity contribution in [1.82, 2.24) is 0 Å². The Bertz CT molecular complexity index is 437. The lowest BCUT2D eigenvalue weighted by Gasteiger charge is -2.10. The molecule has 1 fully saturated rings. The second-order valence-corrected chi connectivity index (χ2v) is 4.56. The molecule has 1 aliphatic rings. The maximum Gasteiger partial charge on any atom is 0.162 e. The Hall–Kier alpha value is -1.71. The monoisotopic (exact) mass is 248 g/mol. The summed E-state index contributed by atoms with van der Waals surface area (Å²) >= 11 is 0. The van der Waals surface area contributed by atoms with E-state index >= 15 is 0 Å². The minimum absolute atomic E-state index is 0.443. The van der Waals surface area contributed by atoms with Gasteiger partial charge in [-0.05, 0) is 25.0 Å². The quantitative estimate of drug-likeness (QED) is 0.658. The van der Waals surface area contributed by atoms with Crippen LogP contribution in [0.5, 0.6) is 11.5 Å². The number of hydrogen-bond donors (Lipinski definition) is 1. The van der Waals surface area contributed by atoms with Crippen LogP contribution in [0.3, 0.4) is 0 Å². The van der Waals surface area contributed by atoms with Crippen molar-refractivity contribution >= 4 is 11.5 Å². The van der Waals surface area contributed by atoms with E-state index < -0.39 is 0 Å². The molecule has 1 aromatic rings. The largest absolute Gasteiger partial charge is 0.493 e. The van der Waals surface area contributed by atoms with Gasteiger partial charge in [-0.25, -0.2) is 4.99 Å². The molecule has 0 aromatic heterocycles. The van der Waals surface area contributed by atoms with E-state index in [1.807, 2.05) is 18.2 Å². The summed E-state index contributed by atoms with van der Waals surface area (Å²) in [5.41, 5.74) is 6.87. The van der Waals surface area contributed by atoms with E-state index in [4.69, 9.17) is 15.2 Å². The third-order valence-electron chi connectivity index (χ3n) is 3.40. The van der Waals surface area contributed by atoms with Crippen LogP contribution < -0.4 is 15.2 Å². The molecule has 4 heteroatoms. The Morgan fingerprint density at radius 1 is 1.17 bits per heavy atom. The van der Waals surface area contributed by atoms with Crippen LogP contribution in [-0.4, -0.2) is 20.1 Å². The lowest BCUT2D eigenvalue weighted by molar-refractivity contribution is 0.355. The molecular weight excluding hydrogens is 228 g/mol. The molecule has 0 spiro atoms. The molecule has 0 unspecified atom stereocenters. The molecule has 0 radical (unpaired) electrons. The molecule has 2 rings (SSSR count). The van der Waals surface area contributed by atoms with Gasteiger partial charge in [-0.3, -0.25) is 0 Å². The first-order valence-electron chi connectivity index (χ1n) is 6.30. The lowest BCUT2D eigenvalue weighted by atomic mass is 10.1. The van der Waals surface area contributed by atoms with Crippen molar-refractivity contribution in [2.75, 3.05) is 14.2 Å². The molecular formula is C14H20N2O2. The number of hydrogen-bond acceptors (Lipinski definition) is 3. The zero-order valence-electron chi connectivity index (χ0n) is 11.0. The van der Waals surface area contributed by atoms with Crippen molar-refractivity contribution in [3.8, 4) is 11.5 Å². The molecule has 0 heterocycles. The summed E-state index contributed by atoms with van der Waals surface area (Å²) < 4.78 is 10.4. The van der Waals surface area contributed by atoms with Crippen LogP contribution in [0.2, 0.25) is 0 Å². The Kier molecular flexibility index (Phi) is 4.07. The van der Waals surface area contributed by atoms with Gasteiger partial charge in [-0.1, -0.05) is 12.8 Å². The van der Waals surface area contributed by atoms with Crippen LogP contribution in [0.1, 0.15) is 25.7 Å². The summed E-state index contributed by atoms with van der Waals surface area (Å²) in [6.45, 7) is 0. The first kappa shape index (κ1) is 12.7. The van der Waals surface area contributed by atoms with Crippen LogP contribution in [0.15, 0.2) is 23.2 Å². The van der Waals surface area contributed by atoms with Crippen LogP contribution in [0.25, 0.3) is 0 Å². The summed E-state index contributed by atoms with van der Waals surface area (Å²) in [5, 5.41) is 0. The number of amidine groups is 1. The smallest absolute Gasteiger partial charge is 0.162 e. The van der Waals surface area contributed by atoms with E-state index in [1.165, 1.54) is 12.8 Å². The average Bonchev–Trinajstić information content (AvgIpc) is 2.92. The van der Waals surface area contributed by atoms with Crippen LogP contribution in [0, 0.1) is 5.92 Å². The lowest BCUT2D eigenvalue weighted by Crippen LogP contribution is -2.20. The number of aliphatic imine (C=N–C) groups is 1. The summed E-state index contributed by atoms with van der Waals surface area (Å²) in [6, 6.07) is 5.59. The van der Waals surface area contributed by atoms with E-state index in [0.717, 1.165) is 24.4 Å². The van der Waals surface area contributed by atoms with Gasteiger partial charge in [0.1, 0.15) is 5.84 Å². The zero-order valence-corrected chi connectivity index (χ0v) is 11.0. The predicted octanol–water partition coefficient (Wildman–Crippen LogP) is 2.88. The van der Waals surface area contributed by atoms with E-state index in [9.17, 15) is 0 Å². The van der Waals surface area contributed by atoms with E-state index in [1.54, 1.807) is 14.2 Å². The van der Waals surface area contributed by atoms with Gasteiger partial charge in [0.25, 0.3) is 0 Å². The fourth-order valence-electron chi connectivity index (χ4n) is 2.36. The maximum atomic E-state index is 6.05. The number of nitrogens with zero attached hydrogens (tertiary/aromatic N) is 1. The highest BCUT2D eigenvalue weighted by Gasteiger charge is 2.18. The molecule has 0 saturated heterocycles. The highest BCUT2D eigenvalue weighted by Crippen LogP contribution is 2.32. The van der Waals surface area contributed by atoms with Gasteiger partial charge in [0.05, 0.1) is 19.9 Å². The summed E-state index contributed by atoms with van der Waals surface area (Å²) in [5.74, 6) is 2.56. The molecule has 1 aromatic carbocycles. The normalized spacial score (nSPS) is 16.9. The van der Waals surface area contributed by atoms with Crippen LogP contribution in [0.4, 0.5) is 5.69 Å². The highest BCUT2D eigenvalue weighted by molar-refractivity contribution is 5.85. The third kappa shape index (κ3) is 2.75. The Balaban J connectivity index is 2.20. The molecule has 0 atom stereocenters. The molecule has 0 bridgehead atoms. The number of nitrogens with two attached hydrogens (primary N) is 1. The van der Waals surface area contributed by atoms with Gasteiger partial charge in [-0.2, -0.15) is 0 Å². The van der Waals surface area contributed by atoms with Crippen molar-refractivity contribution in [2.24, 2.45) is 16.6 Å². The molecule has 4 nitrogen and oxygen atoms in total. The van der Waals surface area contributed by atoms with Gasteiger partial charge in [-0.15, -0.1) is 0 Å². The Labute approximate surface area is 108 Å². The molecule has 1 saturated carbocycles. The fourth-order valence-corrected chi connectivity index (χ4v) is 2.36. The first-order chi connectivity index (χ1) is 8.74. The topological polar surface area (TPSA) is 56.8 Å². The van der Waals surface area contributed by atoms with Gasteiger partial charge >= 0.3 is 0 Å². The van der Waals surface area contributed by atoms with E-state index in [-0.39, 0.29) is 0 Å².